The highest BCUT2D eigenvalue weighted by molar-refractivity contribution is 5.94. The number of hydrogen-bond donors (Lipinski definition) is 2. The SMILES string of the molecule is CCN1Cc2cnc(Nc3cc(N)c(N4CCC(N5CCN(C)CC5)CC4)cc3OC)nc2N(C2CCC(F)(F)CC2)C1=O. The molecule has 2 saturated heterocycles. The molecule has 11 nitrogen and oxygen atoms in total. The maximum atomic E-state index is 14.0. The van der Waals surface area contributed by atoms with Gasteiger partial charge in [-0.25, -0.2) is 18.6 Å². The van der Waals surface area contributed by atoms with Gasteiger partial charge in [0.2, 0.25) is 11.9 Å². The molecule has 0 unspecified atom stereocenters. The van der Waals surface area contributed by atoms with Crippen LogP contribution in [0.4, 0.5) is 42.4 Å². The van der Waals surface area contributed by atoms with Crippen LogP contribution in [0.1, 0.15) is 51.0 Å². The average molecular weight is 614 g/mol. The van der Waals surface area contributed by atoms with E-state index in [9.17, 15) is 13.6 Å². The van der Waals surface area contributed by atoms with E-state index >= 15 is 0 Å². The van der Waals surface area contributed by atoms with Crippen LogP contribution in [0.5, 0.6) is 5.75 Å². The third-order valence-corrected chi connectivity index (χ3v) is 9.80. The molecule has 1 aromatic carbocycles. The fraction of sp³-hybridized carbons (Fsp3) is 0.645. The van der Waals surface area contributed by atoms with Gasteiger partial charge in [-0.3, -0.25) is 9.80 Å². The monoisotopic (exact) mass is 613 g/mol. The Morgan fingerprint density at radius 2 is 1.75 bits per heavy atom. The van der Waals surface area contributed by atoms with Crippen LogP contribution in [0.25, 0.3) is 0 Å². The van der Waals surface area contributed by atoms with Crippen LogP contribution in [0.15, 0.2) is 18.3 Å². The summed E-state index contributed by atoms with van der Waals surface area (Å²) in [6, 6.07) is 3.86. The van der Waals surface area contributed by atoms with E-state index in [1.165, 1.54) is 0 Å². The minimum absolute atomic E-state index is 0.206. The van der Waals surface area contributed by atoms with Gasteiger partial charge in [-0.05, 0) is 45.7 Å². The lowest BCUT2D eigenvalue weighted by molar-refractivity contribution is -0.0379. The minimum atomic E-state index is -2.69. The van der Waals surface area contributed by atoms with E-state index in [0.29, 0.717) is 42.1 Å². The van der Waals surface area contributed by atoms with Crippen molar-refractivity contribution in [2.45, 2.75) is 70.0 Å². The zero-order chi connectivity index (χ0) is 31.0. The number of fused-ring (bicyclic) bond motifs is 1. The predicted molar refractivity (Wildman–Crippen MR) is 168 cm³/mol. The highest BCUT2D eigenvalue weighted by Gasteiger charge is 2.42. The summed E-state index contributed by atoms with van der Waals surface area (Å²) in [7, 11) is 3.80. The van der Waals surface area contributed by atoms with Gasteiger partial charge in [-0.1, -0.05) is 0 Å². The topological polar surface area (TPSA) is 106 Å². The number of amides is 2. The molecule has 4 aliphatic rings. The van der Waals surface area contributed by atoms with Gasteiger partial charge in [0.15, 0.2) is 0 Å². The van der Waals surface area contributed by atoms with Gasteiger partial charge >= 0.3 is 6.03 Å². The number of nitrogen functional groups attached to an aromatic ring is 1. The van der Waals surface area contributed by atoms with Crippen molar-refractivity contribution in [2.24, 2.45) is 0 Å². The Bertz CT molecular complexity index is 1340. The van der Waals surface area contributed by atoms with Crippen molar-refractivity contribution in [1.82, 2.24) is 24.7 Å². The lowest BCUT2D eigenvalue weighted by Crippen LogP contribution is -2.53. The predicted octanol–water partition coefficient (Wildman–Crippen LogP) is 4.37. The average Bonchev–Trinajstić information content (AvgIpc) is 3.02. The molecule has 240 valence electrons. The molecule has 0 radical (unpaired) electrons. The van der Waals surface area contributed by atoms with Crippen LogP contribution in [-0.2, 0) is 6.54 Å². The van der Waals surface area contributed by atoms with E-state index in [1.54, 1.807) is 23.1 Å². The van der Waals surface area contributed by atoms with Crippen LogP contribution in [0.2, 0.25) is 0 Å². The zero-order valence-corrected chi connectivity index (χ0v) is 26.1. The summed E-state index contributed by atoms with van der Waals surface area (Å²) in [5.41, 5.74) is 9.58. The summed E-state index contributed by atoms with van der Waals surface area (Å²) in [6.07, 6.45) is 3.86. The van der Waals surface area contributed by atoms with Gasteiger partial charge < -0.3 is 30.5 Å². The van der Waals surface area contributed by atoms with Crippen LogP contribution in [-0.4, -0.2) is 109 Å². The number of rotatable bonds is 7. The Kier molecular flexibility index (Phi) is 8.69. The number of benzene rings is 1. The molecule has 0 atom stereocenters. The summed E-state index contributed by atoms with van der Waals surface area (Å²) < 4.78 is 33.7. The molecule has 2 aromatic rings. The van der Waals surface area contributed by atoms with E-state index in [4.69, 9.17) is 15.5 Å². The molecular formula is C31H45F2N9O2. The maximum Gasteiger partial charge on any atom is 0.326 e. The fourth-order valence-corrected chi connectivity index (χ4v) is 7.06. The first kappa shape index (κ1) is 30.6. The molecule has 6 rings (SSSR count). The second-order valence-electron chi connectivity index (χ2n) is 12.6. The summed E-state index contributed by atoms with van der Waals surface area (Å²) in [5, 5.41) is 3.25. The number of halogens is 2. The van der Waals surface area contributed by atoms with Crippen molar-refractivity contribution in [2.75, 3.05) is 80.8 Å². The van der Waals surface area contributed by atoms with Crippen molar-refractivity contribution in [3.63, 3.8) is 0 Å². The molecule has 1 aliphatic carbocycles. The van der Waals surface area contributed by atoms with Gasteiger partial charge in [0.05, 0.1) is 30.7 Å². The normalized spacial score (nSPS) is 22.3. The first-order chi connectivity index (χ1) is 21.2. The Balaban J connectivity index is 1.19. The van der Waals surface area contributed by atoms with Gasteiger partial charge in [0.25, 0.3) is 0 Å². The van der Waals surface area contributed by atoms with Crippen LogP contribution >= 0.6 is 0 Å². The lowest BCUT2D eigenvalue weighted by atomic mass is 9.90. The number of alkyl halides is 2. The van der Waals surface area contributed by atoms with Gasteiger partial charge in [0, 0.05) is 88.6 Å². The Hall–Kier alpha value is -3.45. The number of hydrogen-bond acceptors (Lipinski definition) is 9. The third-order valence-electron chi connectivity index (χ3n) is 9.80. The van der Waals surface area contributed by atoms with Gasteiger partial charge in [-0.2, -0.15) is 4.98 Å². The quantitative estimate of drug-likeness (QED) is 0.441. The van der Waals surface area contributed by atoms with E-state index in [2.05, 4.69) is 32.0 Å². The number of carbonyl (C=O) groups is 1. The van der Waals surface area contributed by atoms with Crippen molar-refractivity contribution in [3.05, 3.63) is 23.9 Å². The number of nitrogens with one attached hydrogen (secondary N) is 1. The van der Waals surface area contributed by atoms with E-state index in [0.717, 1.165) is 63.4 Å². The van der Waals surface area contributed by atoms with E-state index < -0.39 is 5.92 Å². The van der Waals surface area contributed by atoms with Crippen molar-refractivity contribution in [3.8, 4) is 5.75 Å². The number of nitrogens with zero attached hydrogens (tertiary/aromatic N) is 7. The zero-order valence-electron chi connectivity index (χ0n) is 26.1. The number of ether oxygens (including phenoxy) is 1. The third kappa shape index (κ3) is 6.21. The lowest BCUT2D eigenvalue weighted by Gasteiger charge is -2.42. The molecule has 1 aromatic heterocycles. The van der Waals surface area contributed by atoms with Gasteiger partial charge in [-0.15, -0.1) is 0 Å². The smallest absolute Gasteiger partial charge is 0.326 e. The summed E-state index contributed by atoms with van der Waals surface area (Å²) in [4.78, 5) is 33.4. The molecule has 1 saturated carbocycles. The van der Waals surface area contributed by atoms with Crippen LogP contribution in [0, 0.1) is 0 Å². The summed E-state index contributed by atoms with van der Waals surface area (Å²) in [5.74, 6) is -1.33. The number of piperidine rings is 1. The number of likely N-dealkylation sites (N-methyl/N-ethyl adjacent to an activating group) is 1. The van der Waals surface area contributed by atoms with E-state index in [1.807, 2.05) is 19.1 Å². The molecule has 3 fully saturated rings. The number of aromatic nitrogens is 2. The molecule has 0 bridgehead atoms. The van der Waals surface area contributed by atoms with Crippen LogP contribution in [0.3, 0.4) is 0 Å². The van der Waals surface area contributed by atoms with E-state index in [-0.39, 0.29) is 43.7 Å². The number of carbonyl (C=O) groups excluding carboxylic acids is 1. The number of methoxy groups -OCH3 is 1. The molecule has 0 spiro atoms. The molecular weight excluding hydrogens is 568 g/mol. The molecule has 3 N–H and O–H groups in total. The summed E-state index contributed by atoms with van der Waals surface area (Å²) >= 11 is 0. The highest BCUT2D eigenvalue weighted by Crippen LogP contribution is 2.41. The Morgan fingerprint density at radius 1 is 1.05 bits per heavy atom. The maximum absolute atomic E-state index is 14.0. The number of anilines is 5. The number of urea groups is 1. The van der Waals surface area contributed by atoms with Gasteiger partial charge in [0.1, 0.15) is 11.6 Å². The molecule has 3 aliphatic heterocycles. The minimum Gasteiger partial charge on any atom is -0.494 e. The number of piperazine rings is 1. The molecule has 44 heavy (non-hydrogen) atoms. The Labute approximate surface area is 258 Å². The largest absolute Gasteiger partial charge is 0.494 e. The summed E-state index contributed by atoms with van der Waals surface area (Å²) in [6.45, 7) is 9.14. The second kappa shape index (κ2) is 12.5. The van der Waals surface area contributed by atoms with Crippen molar-refractivity contribution in [1.29, 1.82) is 0 Å². The van der Waals surface area contributed by atoms with Crippen LogP contribution < -0.4 is 25.6 Å². The molecule has 4 heterocycles. The first-order valence-electron chi connectivity index (χ1n) is 15.9. The number of nitrogens with two attached hydrogens (primary N) is 1. The van der Waals surface area contributed by atoms with Crippen molar-refractivity contribution < 1.29 is 18.3 Å². The molecule has 2 amide bonds. The molecule has 13 heteroatoms. The standard InChI is InChI=1S/C31H45F2N9O2/c1-4-39-20-21-19-35-29(37-28(21)42(30(39)43)23-5-9-31(32,33)10-6-23)36-25-17-24(34)26(18-27(25)44-3)41-11-7-22(8-12-41)40-15-13-38(2)14-16-40/h17-19,22-23H,4-16,20,34H2,1-3H3,(H,35,36,37). The Morgan fingerprint density at radius 3 is 2.41 bits per heavy atom. The second-order valence-corrected chi connectivity index (χ2v) is 12.6. The highest BCUT2D eigenvalue weighted by atomic mass is 19.3. The van der Waals surface area contributed by atoms with Crippen molar-refractivity contribution >= 4 is 34.9 Å². The fourth-order valence-electron chi connectivity index (χ4n) is 7.06. The first-order valence-corrected chi connectivity index (χ1v) is 15.9.